The third kappa shape index (κ3) is 6.61. The van der Waals surface area contributed by atoms with E-state index in [-0.39, 0.29) is 5.95 Å². The van der Waals surface area contributed by atoms with Crippen LogP contribution in [0.1, 0.15) is 5.56 Å². The monoisotopic (exact) mass is 449 g/mol. The number of nitrogens with zero attached hydrogens (tertiary/aromatic N) is 5. The van der Waals surface area contributed by atoms with Gasteiger partial charge in [-0.25, -0.2) is 10.2 Å². The smallest absolute Gasteiger partial charge is 0.341 e. The number of carbonyl (C=O) groups is 1. The number of rotatable bonds is 9. The lowest BCUT2D eigenvalue weighted by atomic mass is 10.2. The largest absolute Gasteiger partial charge is 0.482 e. The van der Waals surface area contributed by atoms with E-state index < -0.39 is 12.6 Å². The number of morpholine rings is 1. The van der Waals surface area contributed by atoms with E-state index >= 15 is 0 Å². The minimum absolute atomic E-state index is 0.277. The normalized spacial score (nSPS) is 13.6. The average molecular weight is 449 g/mol. The van der Waals surface area contributed by atoms with Crippen LogP contribution in [0.25, 0.3) is 0 Å². The molecule has 0 unspecified atom stereocenters. The van der Waals surface area contributed by atoms with Crippen molar-refractivity contribution in [2.45, 2.75) is 0 Å². The molecule has 3 N–H and O–H groups in total. The average Bonchev–Trinajstić information content (AvgIpc) is 2.84. The summed E-state index contributed by atoms with van der Waals surface area (Å²) in [5, 5.41) is 16.1. The molecule has 1 aromatic heterocycles. The van der Waals surface area contributed by atoms with Crippen molar-refractivity contribution in [1.29, 1.82) is 0 Å². The molecule has 11 nitrogen and oxygen atoms in total. The van der Waals surface area contributed by atoms with E-state index in [1.165, 1.54) is 0 Å². The van der Waals surface area contributed by atoms with Crippen molar-refractivity contribution in [1.82, 2.24) is 15.0 Å². The highest BCUT2D eigenvalue weighted by Crippen LogP contribution is 2.18. The van der Waals surface area contributed by atoms with E-state index in [0.717, 1.165) is 11.3 Å². The number of nitrogens with one attached hydrogen (secondary N) is 2. The van der Waals surface area contributed by atoms with Crippen LogP contribution in [0.4, 0.5) is 23.5 Å². The fraction of sp³-hybridized carbons (Fsp3) is 0.227. The Bertz CT molecular complexity index is 1100. The summed E-state index contributed by atoms with van der Waals surface area (Å²) in [7, 11) is 0. The van der Waals surface area contributed by atoms with Crippen LogP contribution in [0.2, 0.25) is 0 Å². The maximum absolute atomic E-state index is 10.7. The zero-order valence-corrected chi connectivity index (χ0v) is 17.7. The first-order valence-electron chi connectivity index (χ1n) is 10.3. The summed E-state index contributed by atoms with van der Waals surface area (Å²) in [6.07, 6.45) is 1.57. The number of aliphatic carboxylic acids is 1. The van der Waals surface area contributed by atoms with Gasteiger partial charge in [0.1, 0.15) is 5.75 Å². The molecule has 0 saturated carbocycles. The second-order valence-electron chi connectivity index (χ2n) is 7.00. The van der Waals surface area contributed by atoms with Crippen LogP contribution in [-0.2, 0) is 9.53 Å². The molecule has 2 heterocycles. The maximum atomic E-state index is 10.7. The van der Waals surface area contributed by atoms with E-state index in [4.69, 9.17) is 14.6 Å². The molecular weight excluding hydrogens is 426 g/mol. The lowest BCUT2D eigenvalue weighted by molar-refractivity contribution is -0.139. The molecule has 1 fully saturated rings. The Morgan fingerprint density at radius 2 is 1.88 bits per heavy atom. The third-order valence-corrected chi connectivity index (χ3v) is 4.55. The summed E-state index contributed by atoms with van der Waals surface area (Å²) in [6, 6.07) is 16.5. The van der Waals surface area contributed by atoms with Crippen molar-refractivity contribution in [2.75, 3.05) is 48.6 Å². The first kappa shape index (κ1) is 22.0. The summed E-state index contributed by atoms with van der Waals surface area (Å²) < 4.78 is 10.6. The number of hydrogen-bond acceptors (Lipinski definition) is 10. The Labute approximate surface area is 190 Å². The van der Waals surface area contributed by atoms with Gasteiger partial charge in [-0.15, -0.1) is 0 Å². The topological polar surface area (TPSA) is 134 Å². The van der Waals surface area contributed by atoms with Gasteiger partial charge in [-0.3, -0.25) is 0 Å². The fourth-order valence-corrected chi connectivity index (χ4v) is 3.02. The quantitative estimate of drug-likeness (QED) is 0.330. The third-order valence-electron chi connectivity index (χ3n) is 4.55. The van der Waals surface area contributed by atoms with Crippen molar-refractivity contribution < 1.29 is 19.4 Å². The molecule has 4 rings (SSSR count). The molecule has 170 valence electrons. The van der Waals surface area contributed by atoms with E-state index in [9.17, 15) is 4.79 Å². The Hall–Kier alpha value is -4.25. The second kappa shape index (κ2) is 10.9. The highest BCUT2D eigenvalue weighted by atomic mass is 16.5. The first-order chi connectivity index (χ1) is 16.2. The Morgan fingerprint density at radius 1 is 1.09 bits per heavy atom. The van der Waals surface area contributed by atoms with Crippen molar-refractivity contribution in [3.05, 3.63) is 60.2 Å². The SMILES string of the molecule is O=C(O)COc1cccc(/C=N/Nc2nc(Nc3ccccc3)nc(N3CCOCC3)n2)c1. The van der Waals surface area contributed by atoms with Crippen molar-refractivity contribution in [3.8, 4) is 5.75 Å². The fourth-order valence-electron chi connectivity index (χ4n) is 3.02. The van der Waals surface area contributed by atoms with Crippen molar-refractivity contribution in [3.63, 3.8) is 0 Å². The molecule has 11 heteroatoms. The predicted molar refractivity (Wildman–Crippen MR) is 123 cm³/mol. The van der Waals surface area contributed by atoms with Gasteiger partial charge in [-0.05, 0) is 29.8 Å². The molecule has 1 aliphatic rings. The number of anilines is 4. The minimum Gasteiger partial charge on any atom is -0.482 e. The number of benzene rings is 2. The standard InChI is InChI=1S/C22H23N7O4/c30-19(31)15-33-18-8-4-5-16(13-18)14-23-28-21-25-20(24-17-6-2-1-3-7-17)26-22(27-21)29-9-11-32-12-10-29/h1-8,13-14H,9-12,15H2,(H,30,31)(H2,24,25,26,27,28)/b23-14+. The Balaban J connectivity index is 1.50. The summed E-state index contributed by atoms with van der Waals surface area (Å²) in [4.78, 5) is 26.2. The van der Waals surface area contributed by atoms with Crippen molar-refractivity contribution in [2.24, 2.45) is 5.10 Å². The van der Waals surface area contributed by atoms with Crippen LogP contribution < -0.4 is 20.4 Å². The molecule has 1 aliphatic heterocycles. The number of carboxylic acids is 1. The minimum atomic E-state index is -1.04. The van der Waals surface area contributed by atoms with E-state index in [1.807, 2.05) is 41.3 Å². The van der Waals surface area contributed by atoms with Gasteiger partial charge in [0, 0.05) is 18.8 Å². The second-order valence-corrected chi connectivity index (χ2v) is 7.00. The number of para-hydroxylation sites is 1. The molecule has 0 radical (unpaired) electrons. The lowest BCUT2D eigenvalue weighted by Crippen LogP contribution is -2.37. The zero-order valence-electron chi connectivity index (χ0n) is 17.7. The summed E-state index contributed by atoms with van der Waals surface area (Å²) in [5.41, 5.74) is 4.41. The Morgan fingerprint density at radius 3 is 2.67 bits per heavy atom. The summed E-state index contributed by atoms with van der Waals surface area (Å²) in [6.45, 7) is 2.16. The number of carboxylic acid groups (broad SMARTS) is 1. The van der Waals surface area contributed by atoms with Gasteiger partial charge in [0.25, 0.3) is 0 Å². The number of ether oxygens (including phenoxy) is 2. The molecule has 2 aromatic carbocycles. The first-order valence-corrected chi connectivity index (χ1v) is 10.3. The van der Waals surface area contributed by atoms with E-state index in [0.29, 0.717) is 43.9 Å². The van der Waals surface area contributed by atoms with Crippen LogP contribution in [0.5, 0.6) is 5.75 Å². The highest BCUT2D eigenvalue weighted by Gasteiger charge is 2.16. The molecule has 0 atom stereocenters. The Kier molecular flexibility index (Phi) is 7.23. The van der Waals surface area contributed by atoms with Gasteiger partial charge >= 0.3 is 5.97 Å². The predicted octanol–water partition coefficient (Wildman–Crippen LogP) is 2.36. The molecule has 3 aromatic rings. The van der Waals surface area contributed by atoms with Crippen molar-refractivity contribution >= 4 is 35.7 Å². The van der Waals surface area contributed by atoms with Gasteiger partial charge < -0.3 is 24.8 Å². The van der Waals surface area contributed by atoms with E-state index in [1.54, 1.807) is 24.4 Å². The lowest BCUT2D eigenvalue weighted by Gasteiger charge is -2.27. The molecule has 1 saturated heterocycles. The van der Waals surface area contributed by atoms with Crippen LogP contribution in [-0.4, -0.2) is 65.2 Å². The van der Waals surface area contributed by atoms with Crippen LogP contribution in [0.15, 0.2) is 59.7 Å². The number of hydrogen-bond donors (Lipinski definition) is 3. The number of aromatic nitrogens is 3. The van der Waals surface area contributed by atoms with Crippen LogP contribution >= 0.6 is 0 Å². The highest BCUT2D eigenvalue weighted by molar-refractivity contribution is 5.80. The van der Waals surface area contributed by atoms with Gasteiger partial charge in [0.05, 0.1) is 19.4 Å². The summed E-state index contributed by atoms with van der Waals surface area (Å²) in [5.74, 6) is 0.583. The van der Waals surface area contributed by atoms with Crippen LogP contribution in [0, 0.1) is 0 Å². The zero-order chi connectivity index (χ0) is 22.9. The molecule has 0 amide bonds. The molecule has 0 bridgehead atoms. The maximum Gasteiger partial charge on any atom is 0.341 e. The van der Waals surface area contributed by atoms with Gasteiger partial charge in [0.15, 0.2) is 6.61 Å². The molecule has 0 aliphatic carbocycles. The molecule has 33 heavy (non-hydrogen) atoms. The van der Waals surface area contributed by atoms with Gasteiger partial charge in [0.2, 0.25) is 17.8 Å². The number of hydrazone groups is 1. The molecular formula is C22H23N7O4. The van der Waals surface area contributed by atoms with Crippen LogP contribution in [0.3, 0.4) is 0 Å². The van der Waals surface area contributed by atoms with Gasteiger partial charge in [-0.2, -0.15) is 20.1 Å². The molecule has 0 spiro atoms. The van der Waals surface area contributed by atoms with E-state index in [2.05, 4.69) is 30.8 Å². The summed E-state index contributed by atoms with van der Waals surface area (Å²) >= 11 is 0. The van der Waals surface area contributed by atoms with Gasteiger partial charge in [-0.1, -0.05) is 30.3 Å².